The Balaban J connectivity index is 1.77. The van der Waals surface area contributed by atoms with Crippen LogP contribution in [-0.4, -0.2) is 34.7 Å². The SMILES string of the molecule is O=C1CC(N(C(=O)C2CCC2)C2CC2)C(=O)N1. The molecule has 92 valence electrons. The average Bonchev–Trinajstić information content (AvgIpc) is 2.92. The lowest BCUT2D eigenvalue weighted by molar-refractivity contribution is -0.145. The molecule has 1 saturated heterocycles. The van der Waals surface area contributed by atoms with E-state index in [2.05, 4.69) is 5.32 Å². The summed E-state index contributed by atoms with van der Waals surface area (Å²) in [6.07, 6.45) is 5.06. The van der Waals surface area contributed by atoms with Crippen LogP contribution in [0.2, 0.25) is 0 Å². The van der Waals surface area contributed by atoms with E-state index >= 15 is 0 Å². The number of nitrogens with one attached hydrogen (secondary N) is 1. The normalized spacial score (nSPS) is 28.8. The molecule has 0 aromatic carbocycles. The Morgan fingerprint density at radius 2 is 1.88 bits per heavy atom. The molecule has 3 amide bonds. The van der Waals surface area contributed by atoms with E-state index in [4.69, 9.17) is 0 Å². The van der Waals surface area contributed by atoms with Gasteiger partial charge in [-0.15, -0.1) is 0 Å². The summed E-state index contributed by atoms with van der Waals surface area (Å²) < 4.78 is 0. The fraction of sp³-hybridized carbons (Fsp3) is 0.750. The lowest BCUT2D eigenvalue weighted by Crippen LogP contribution is -2.49. The molecule has 3 rings (SSSR count). The van der Waals surface area contributed by atoms with Crippen molar-refractivity contribution in [2.45, 2.75) is 50.6 Å². The summed E-state index contributed by atoms with van der Waals surface area (Å²) in [6, 6.07) is -0.340. The molecule has 0 radical (unpaired) electrons. The number of hydrogen-bond acceptors (Lipinski definition) is 3. The van der Waals surface area contributed by atoms with E-state index in [9.17, 15) is 14.4 Å². The summed E-state index contributed by atoms with van der Waals surface area (Å²) in [7, 11) is 0. The van der Waals surface area contributed by atoms with Crippen molar-refractivity contribution in [1.82, 2.24) is 10.2 Å². The van der Waals surface area contributed by atoms with Crippen molar-refractivity contribution >= 4 is 17.7 Å². The second-order valence-electron chi connectivity index (χ2n) is 5.24. The van der Waals surface area contributed by atoms with Gasteiger partial charge in [0.2, 0.25) is 17.7 Å². The predicted octanol–water partition coefficient (Wildman–Crippen LogP) is 0.193. The molecule has 2 saturated carbocycles. The molecule has 1 N–H and O–H groups in total. The third-order valence-corrected chi connectivity index (χ3v) is 3.93. The summed E-state index contributed by atoms with van der Waals surface area (Å²) >= 11 is 0. The molecule has 0 bridgehead atoms. The standard InChI is InChI=1S/C12H16N2O3/c15-10-6-9(11(16)13-10)14(8-4-5-8)12(17)7-2-1-3-7/h7-9H,1-6H2,(H,13,15,16). The average molecular weight is 236 g/mol. The maximum atomic E-state index is 12.3. The zero-order valence-corrected chi connectivity index (χ0v) is 9.65. The molecule has 0 aromatic rings. The van der Waals surface area contributed by atoms with Crippen LogP contribution in [0.4, 0.5) is 0 Å². The smallest absolute Gasteiger partial charge is 0.249 e. The van der Waals surface area contributed by atoms with E-state index in [0.717, 1.165) is 32.1 Å². The number of amides is 3. The van der Waals surface area contributed by atoms with Crippen molar-refractivity contribution in [3.63, 3.8) is 0 Å². The Kier molecular flexibility index (Phi) is 2.42. The minimum absolute atomic E-state index is 0.0913. The molecule has 1 heterocycles. The van der Waals surface area contributed by atoms with Gasteiger partial charge >= 0.3 is 0 Å². The van der Waals surface area contributed by atoms with Gasteiger partial charge in [0.25, 0.3) is 0 Å². The lowest BCUT2D eigenvalue weighted by Gasteiger charge is -2.34. The highest BCUT2D eigenvalue weighted by molar-refractivity contribution is 6.07. The number of hydrogen-bond donors (Lipinski definition) is 1. The van der Waals surface area contributed by atoms with Crippen LogP contribution < -0.4 is 5.32 Å². The fourth-order valence-electron chi connectivity index (χ4n) is 2.57. The minimum Gasteiger partial charge on any atom is -0.327 e. The summed E-state index contributed by atoms with van der Waals surface area (Å²) in [5.41, 5.74) is 0. The first-order valence-corrected chi connectivity index (χ1v) is 6.32. The Hall–Kier alpha value is -1.39. The molecule has 1 unspecified atom stereocenters. The summed E-state index contributed by atoms with van der Waals surface area (Å²) in [5, 5.41) is 2.29. The molecule has 3 aliphatic rings. The fourth-order valence-corrected chi connectivity index (χ4v) is 2.57. The van der Waals surface area contributed by atoms with Crippen LogP contribution in [0, 0.1) is 5.92 Å². The third-order valence-electron chi connectivity index (χ3n) is 3.93. The minimum atomic E-state index is -0.539. The maximum absolute atomic E-state index is 12.3. The first kappa shape index (κ1) is 10.7. The quantitative estimate of drug-likeness (QED) is 0.711. The van der Waals surface area contributed by atoms with Crippen LogP contribution in [0.15, 0.2) is 0 Å². The van der Waals surface area contributed by atoms with Gasteiger partial charge < -0.3 is 4.90 Å². The molecule has 1 aliphatic heterocycles. The molecular weight excluding hydrogens is 220 g/mol. The van der Waals surface area contributed by atoms with Gasteiger partial charge in [-0.05, 0) is 25.7 Å². The molecule has 3 fully saturated rings. The molecule has 17 heavy (non-hydrogen) atoms. The van der Waals surface area contributed by atoms with Gasteiger partial charge in [-0.2, -0.15) is 0 Å². The zero-order valence-electron chi connectivity index (χ0n) is 9.65. The van der Waals surface area contributed by atoms with Gasteiger partial charge in [-0.1, -0.05) is 6.42 Å². The van der Waals surface area contributed by atoms with E-state index in [0.29, 0.717) is 0 Å². The summed E-state index contributed by atoms with van der Waals surface area (Å²) in [4.78, 5) is 36.9. The van der Waals surface area contributed by atoms with Crippen LogP contribution in [0.5, 0.6) is 0 Å². The second-order valence-corrected chi connectivity index (χ2v) is 5.24. The van der Waals surface area contributed by atoms with E-state index in [-0.39, 0.29) is 36.1 Å². The van der Waals surface area contributed by atoms with E-state index < -0.39 is 6.04 Å². The Morgan fingerprint density at radius 3 is 2.29 bits per heavy atom. The predicted molar refractivity (Wildman–Crippen MR) is 58.8 cm³/mol. The molecule has 2 aliphatic carbocycles. The van der Waals surface area contributed by atoms with Gasteiger partial charge in [-0.3, -0.25) is 19.7 Å². The Labute approximate surface area is 99.5 Å². The van der Waals surface area contributed by atoms with Crippen LogP contribution >= 0.6 is 0 Å². The molecule has 5 heteroatoms. The molecular formula is C12H16N2O3. The van der Waals surface area contributed by atoms with Crippen molar-refractivity contribution in [2.75, 3.05) is 0 Å². The number of imide groups is 1. The lowest BCUT2D eigenvalue weighted by atomic mass is 9.84. The van der Waals surface area contributed by atoms with Crippen molar-refractivity contribution in [3.05, 3.63) is 0 Å². The van der Waals surface area contributed by atoms with Gasteiger partial charge in [0.05, 0.1) is 6.42 Å². The highest BCUT2D eigenvalue weighted by Crippen LogP contribution is 2.36. The molecule has 0 aromatic heterocycles. The van der Waals surface area contributed by atoms with Crippen molar-refractivity contribution in [1.29, 1.82) is 0 Å². The van der Waals surface area contributed by atoms with Crippen molar-refractivity contribution < 1.29 is 14.4 Å². The van der Waals surface area contributed by atoms with Gasteiger partial charge in [0, 0.05) is 12.0 Å². The van der Waals surface area contributed by atoms with Crippen LogP contribution in [0.25, 0.3) is 0 Å². The van der Waals surface area contributed by atoms with E-state index in [1.165, 1.54) is 0 Å². The number of nitrogens with zero attached hydrogens (tertiary/aromatic N) is 1. The van der Waals surface area contributed by atoms with E-state index in [1.54, 1.807) is 4.90 Å². The number of rotatable bonds is 3. The Bertz CT molecular complexity index is 385. The summed E-state index contributed by atoms with van der Waals surface area (Å²) in [6.45, 7) is 0. The zero-order chi connectivity index (χ0) is 12.0. The van der Waals surface area contributed by atoms with Crippen molar-refractivity contribution in [3.8, 4) is 0 Å². The van der Waals surface area contributed by atoms with Crippen molar-refractivity contribution in [2.24, 2.45) is 5.92 Å². The van der Waals surface area contributed by atoms with Gasteiger partial charge in [-0.25, -0.2) is 0 Å². The van der Waals surface area contributed by atoms with Crippen LogP contribution in [-0.2, 0) is 14.4 Å². The highest BCUT2D eigenvalue weighted by atomic mass is 16.2. The number of carbonyl (C=O) groups is 3. The largest absolute Gasteiger partial charge is 0.327 e. The summed E-state index contributed by atoms with van der Waals surface area (Å²) in [5.74, 6) is -0.366. The third kappa shape index (κ3) is 1.83. The highest BCUT2D eigenvalue weighted by Gasteiger charge is 2.46. The molecule has 5 nitrogen and oxygen atoms in total. The van der Waals surface area contributed by atoms with Crippen LogP contribution in [0.3, 0.4) is 0 Å². The first-order valence-electron chi connectivity index (χ1n) is 6.32. The van der Waals surface area contributed by atoms with Gasteiger partial charge in [0.1, 0.15) is 6.04 Å². The molecule has 0 spiro atoms. The first-order chi connectivity index (χ1) is 8.16. The van der Waals surface area contributed by atoms with E-state index in [1.807, 2.05) is 0 Å². The Morgan fingerprint density at radius 1 is 1.18 bits per heavy atom. The number of carbonyl (C=O) groups excluding carboxylic acids is 3. The molecule has 1 atom stereocenters. The maximum Gasteiger partial charge on any atom is 0.249 e. The topological polar surface area (TPSA) is 66.5 Å². The van der Waals surface area contributed by atoms with Gasteiger partial charge in [0.15, 0.2) is 0 Å². The monoisotopic (exact) mass is 236 g/mol. The second kappa shape index (κ2) is 3.82. The van der Waals surface area contributed by atoms with Crippen LogP contribution in [0.1, 0.15) is 38.5 Å².